The van der Waals surface area contributed by atoms with Crippen LogP contribution in [0, 0.1) is 5.92 Å². The number of sulfonamides is 1. The monoisotopic (exact) mass is 268 g/mol. The van der Waals surface area contributed by atoms with Crippen LogP contribution >= 0.6 is 0 Å². The molecule has 0 saturated heterocycles. The Kier molecular flexibility index (Phi) is 3.56. The highest BCUT2D eigenvalue weighted by atomic mass is 32.2. The van der Waals surface area contributed by atoms with E-state index in [-0.39, 0.29) is 5.75 Å². The Morgan fingerprint density at radius 3 is 2.83 bits per heavy atom. The minimum atomic E-state index is -3.27. The summed E-state index contributed by atoms with van der Waals surface area (Å²) < 4.78 is 26.2. The van der Waals surface area contributed by atoms with E-state index in [0.717, 1.165) is 12.8 Å². The van der Waals surface area contributed by atoms with Gasteiger partial charge in [0.1, 0.15) is 0 Å². The molecule has 18 heavy (non-hydrogen) atoms. The zero-order valence-electron chi connectivity index (χ0n) is 10.1. The lowest BCUT2D eigenvalue weighted by molar-refractivity contribution is 0.319. The van der Waals surface area contributed by atoms with Gasteiger partial charge in [0, 0.05) is 11.3 Å². The van der Waals surface area contributed by atoms with Gasteiger partial charge in [-0.25, -0.2) is 8.42 Å². The van der Waals surface area contributed by atoms with Gasteiger partial charge in [-0.3, -0.25) is 4.72 Å². The first-order valence-corrected chi connectivity index (χ1v) is 7.45. The van der Waals surface area contributed by atoms with Crippen molar-refractivity contribution in [2.75, 3.05) is 10.5 Å². The van der Waals surface area contributed by atoms with Gasteiger partial charge in [-0.15, -0.1) is 0 Å². The molecule has 1 aliphatic carbocycles. The first-order valence-electron chi connectivity index (χ1n) is 5.80. The van der Waals surface area contributed by atoms with E-state index in [4.69, 9.17) is 5.21 Å². The first-order chi connectivity index (χ1) is 8.50. The van der Waals surface area contributed by atoms with E-state index in [1.54, 1.807) is 31.2 Å². The first kappa shape index (κ1) is 12.9. The van der Waals surface area contributed by atoms with Gasteiger partial charge in [0.05, 0.1) is 11.5 Å². The summed E-state index contributed by atoms with van der Waals surface area (Å²) >= 11 is 0. The molecule has 2 rings (SSSR count). The predicted molar refractivity (Wildman–Crippen MR) is 70.6 cm³/mol. The Morgan fingerprint density at radius 1 is 1.50 bits per heavy atom. The molecule has 0 bridgehead atoms. The standard InChI is InChI=1S/C12H16N2O3S/c1-9(13-15)11-3-2-4-12(7-11)14-18(16,17)8-10-5-6-10/h2-4,7,10,14-15H,5-6,8H2,1H3. The number of oxime groups is 1. The van der Waals surface area contributed by atoms with Crippen molar-refractivity contribution in [2.24, 2.45) is 11.1 Å². The van der Waals surface area contributed by atoms with Crippen LogP contribution in [0.2, 0.25) is 0 Å². The molecule has 1 aromatic carbocycles. The maximum Gasteiger partial charge on any atom is 0.232 e. The summed E-state index contributed by atoms with van der Waals surface area (Å²) in [5, 5.41) is 11.8. The van der Waals surface area contributed by atoms with Gasteiger partial charge in [-0.05, 0) is 37.8 Å². The number of nitrogens with one attached hydrogen (secondary N) is 1. The Bertz CT molecular complexity index is 562. The van der Waals surface area contributed by atoms with E-state index in [1.807, 2.05) is 0 Å². The maximum absolute atomic E-state index is 11.8. The largest absolute Gasteiger partial charge is 0.411 e. The van der Waals surface area contributed by atoms with Crippen molar-refractivity contribution in [3.8, 4) is 0 Å². The van der Waals surface area contributed by atoms with Crippen LogP contribution in [0.15, 0.2) is 29.4 Å². The van der Waals surface area contributed by atoms with E-state index in [9.17, 15) is 8.42 Å². The van der Waals surface area contributed by atoms with Crippen LogP contribution in [0.1, 0.15) is 25.3 Å². The molecule has 5 nitrogen and oxygen atoms in total. The van der Waals surface area contributed by atoms with Crippen LogP contribution in [0.25, 0.3) is 0 Å². The van der Waals surface area contributed by atoms with Gasteiger partial charge in [0.15, 0.2) is 0 Å². The third-order valence-electron chi connectivity index (χ3n) is 2.86. The fourth-order valence-corrected chi connectivity index (χ4v) is 3.20. The Morgan fingerprint density at radius 2 is 2.22 bits per heavy atom. The molecule has 1 saturated carbocycles. The van der Waals surface area contributed by atoms with E-state index < -0.39 is 10.0 Å². The second-order valence-electron chi connectivity index (χ2n) is 4.59. The molecule has 1 aromatic rings. The lowest BCUT2D eigenvalue weighted by atomic mass is 10.1. The third-order valence-corrected chi connectivity index (χ3v) is 4.31. The van der Waals surface area contributed by atoms with E-state index >= 15 is 0 Å². The van der Waals surface area contributed by atoms with Crippen molar-refractivity contribution in [3.05, 3.63) is 29.8 Å². The van der Waals surface area contributed by atoms with Gasteiger partial charge in [-0.2, -0.15) is 0 Å². The normalized spacial score (nSPS) is 16.6. The van der Waals surface area contributed by atoms with Gasteiger partial charge >= 0.3 is 0 Å². The molecule has 6 heteroatoms. The van der Waals surface area contributed by atoms with Crippen LogP contribution in [0.3, 0.4) is 0 Å². The summed E-state index contributed by atoms with van der Waals surface area (Å²) in [6.07, 6.45) is 1.99. The molecule has 0 heterocycles. The number of rotatable bonds is 5. The summed E-state index contributed by atoms with van der Waals surface area (Å²) in [5.74, 6) is 0.496. The lowest BCUT2D eigenvalue weighted by Gasteiger charge is -2.08. The lowest BCUT2D eigenvalue weighted by Crippen LogP contribution is -2.18. The van der Waals surface area contributed by atoms with Gasteiger partial charge in [-0.1, -0.05) is 17.3 Å². The molecular formula is C12H16N2O3S. The second-order valence-corrected chi connectivity index (χ2v) is 6.36. The third kappa shape index (κ3) is 3.46. The molecule has 0 unspecified atom stereocenters. The fourth-order valence-electron chi connectivity index (χ4n) is 1.68. The average molecular weight is 268 g/mol. The number of benzene rings is 1. The number of hydrogen-bond donors (Lipinski definition) is 2. The number of nitrogens with zero attached hydrogens (tertiary/aromatic N) is 1. The van der Waals surface area contributed by atoms with Crippen LogP contribution in [0.5, 0.6) is 0 Å². The van der Waals surface area contributed by atoms with E-state index in [2.05, 4.69) is 9.88 Å². The Balaban J connectivity index is 2.13. The quantitative estimate of drug-likeness (QED) is 0.487. The van der Waals surface area contributed by atoms with Gasteiger partial charge in [0.25, 0.3) is 0 Å². The molecule has 0 spiro atoms. The molecule has 0 aromatic heterocycles. The van der Waals surface area contributed by atoms with Crippen molar-refractivity contribution < 1.29 is 13.6 Å². The zero-order chi connectivity index (χ0) is 13.2. The van der Waals surface area contributed by atoms with Crippen LogP contribution in [-0.2, 0) is 10.0 Å². The SMILES string of the molecule is CC(=NO)c1cccc(NS(=O)(=O)CC2CC2)c1. The summed E-state index contributed by atoms with van der Waals surface area (Å²) in [5.41, 5.74) is 1.62. The summed E-state index contributed by atoms with van der Waals surface area (Å²) in [6, 6.07) is 6.81. The highest BCUT2D eigenvalue weighted by molar-refractivity contribution is 7.92. The van der Waals surface area contributed by atoms with Gasteiger partial charge < -0.3 is 5.21 Å². The molecule has 0 radical (unpaired) electrons. The molecule has 0 atom stereocenters. The minimum Gasteiger partial charge on any atom is -0.411 e. The molecular weight excluding hydrogens is 252 g/mol. The summed E-state index contributed by atoms with van der Waals surface area (Å²) in [6.45, 7) is 1.65. The molecule has 98 valence electrons. The minimum absolute atomic E-state index is 0.185. The van der Waals surface area contributed by atoms with Crippen molar-refractivity contribution in [1.29, 1.82) is 0 Å². The van der Waals surface area contributed by atoms with Crippen LogP contribution < -0.4 is 4.72 Å². The van der Waals surface area contributed by atoms with Crippen LogP contribution in [-0.4, -0.2) is 25.1 Å². The summed E-state index contributed by atoms with van der Waals surface area (Å²) in [7, 11) is -3.27. The number of hydrogen-bond acceptors (Lipinski definition) is 4. The smallest absolute Gasteiger partial charge is 0.232 e. The predicted octanol–water partition coefficient (Wildman–Crippen LogP) is 2.04. The van der Waals surface area contributed by atoms with E-state index in [0.29, 0.717) is 22.9 Å². The molecule has 2 N–H and O–H groups in total. The Hall–Kier alpha value is -1.56. The molecule has 1 fully saturated rings. The average Bonchev–Trinajstić information content (AvgIpc) is 3.10. The topological polar surface area (TPSA) is 78.8 Å². The van der Waals surface area contributed by atoms with Crippen molar-refractivity contribution in [3.63, 3.8) is 0 Å². The maximum atomic E-state index is 11.8. The molecule has 0 aliphatic heterocycles. The molecule has 1 aliphatic rings. The van der Waals surface area contributed by atoms with Crippen molar-refractivity contribution in [2.45, 2.75) is 19.8 Å². The number of anilines is 1. The zero-order valence-corrected chi connectivity index (χ0v) is 10.9. The Labute approximate surface area is 107 Å². The highest BCUT2D eigenvalue weighted by Crippen LogP contribution is 2.30. The van der Waals surface area contributed by atoms with E-state index in [1.165, 1.54) is 0 Å². The van der Waals surface area contributed by atoms with Gasteiger partial charge in [0.2, 0.25) is 10.0 Å². The van der Waals surface area contributed by atoms with Crippen LogP contribution in [0.4, 0.5) is 5.69 Å². The second kappa shape index (κ2) is 4.97. The fraction of sp³-hybridized carbons (Fsp3) is 0.417. The van der Waals surface area contributed by atoms with Crippen molar-refractivity contribution in [1.82, 2.24) is 0 Å². The van der Waals surface area contributed by atoms with Crippen molar-refractivity contribution >= 4 is 21.4 Å². The highest BCUT2D eigenvalue weighted by Gasteiger charge is 2.27. The summed E-state index contributed by atoms with van der Waals surface area (Å²) in [4.78, 5) is 0. The molecule has 0 amide bonds.